The number of amides is 1. The third-order valence-corrected chi connectivity index (χ3v) is 7.62. The zero-order chi connectivity index (χ0) is 20.2. The van der Waals surface area contributed by atoms with E-state index in [1.807, 2.05) is 18.7 Å². The van der Waals surface area contributed by atoms with Crippen molar-refractivity contribution in [1.29, 1.82) is 0 Å². The van der Waals surface area contributed by atoms with Crippen molar-refractivity contribution in [3.8, 4) is 0 Å². The molecule has 2 N–H and O–H groups in total. The Kier molecular flexibility index (Phi) is 8.93. The number of aryl methyl sites for hydroxylation is 1. The van der Waals surface area contributed by atoms with Crippen LogP contribution in [0, 0.1) is 5.41 Å². The summed E-state index contributed by atoms with van der Waals surface area (Å²) in [6.45, 7) is 10.2. The van der Waals surface area contributed by atoms with Gasteiger partial charge in [0.05, 0.1) is 4.90 Å². The van der Waals surface area contributed by atoms with Crippen LogP contribution in [0.1, 0.15) is 46.1 Å². The summed E-state index contributed by atoms with van der Waals surface area (Å²) in [6, 6.07) is 7.01. The Bertz CT molecular complexity index is 746. The van der Waals surface area contributed by atoms with Crippen LogP contribution in [0.15, 0.2) is 29.2 Å². The smallest absolute Gasteiger partial charge is 0.243 e. The minimum atomic E-state index is -3.44. The molecule has 1 heterocycles. The van der Waals surface area contributed by atoms with E-state index in [2.05, 4.69) is 13.8 Å². The number of rotatable bonds is 7. The zero-order valence-electron chi connectivity index (χ0n) is 17.3. The number of carbonyl (C=O) groups is 1. The van der Waals surface area contributed by atoms with Crippen LogP contribution >= 0.6 is 12.4 Å². The summed E-state index contributed by atoms with van der Waals surface area (Å²) in [5.41, 5.74) is 7.05. The minimum absolute atomic E-state index is 0. The fraction of sp³-hybridized carbons (Fsp3) is 0.650. The molecular formula is C20H34ClN3O3S. The molecule has 0 aromatic heterocycles. The van der Waals surface area contributed by atoms with Gasteiger partial charge in [-0.15, -0.1) is 12.4 Å². The van der Waals surface area contributed by atoms with Crippen molar-refractivity contribution in [2.24, 2.45) is 11.1 Å². The molecule has 6 nitrogen and oxygen atoms in total. The number of nitrogens with zero attached hydrogens (tertiary/aromatic N) is 2. The predicted molar refractivity (Wildman–Crippen MR) is 115 cm³/mol. The summed E-state index contributed by atoms with van der Waals surface area (Å²) < 4.78 is 26.5. The largest absolute Gasteiger partial charge is 0.342 e. The second-order valence-electron chi connectivity index (χ2n) is 7.93. The van der Waals surface area contributed by atoms with Gasteiger partial charge < -0.3 is 10.6 Å². The maximum absolute atomic E-state index is 12.5. The first-order chi connectivity index (χ1) is 12.6. The van der Waals surface area contributed by atoms with E-state index in [0.29, 0.717) is 43.9 Å². The molecule has 160 valence electrons. The van der Waals surface area contributed by atoms with Crippen LogP contribution in [0.3, 0.4) is 0 Å². The molecular weight excluding hydrogens is 398 g/mol. The van der Waals surface area contributed by atoms with Gasteiger partial charge in [-0.3, -0.25) is 4.79 Å². The first-order valence-corrected chi connectivity index (χ1v) is 11.2. The number of nitrogens with two attached hydrogens (primary N) is 1. The number of hydrogen-bond donors (Lipinski definition) is 1. The molecule has 0 radical (unpaired) electrons. The number of benzene rings is 1. The van der Waals surface area contributed by atoms with Crippen molar-refractivity contribution < 1.29 is 13.2 Å². The first kappa shape index (κ1) is 24.9. The van der Waals surface area contributed by atoms with Crippen LogP contribution in [-0.4, -0.2) is 55.8 Å². The number of likely N-dealkylation sites (tertiary alicyclic amines) is 1. The fourth-order valence-corrected chi connectivity index (χ4v) is 4.99. The summed E-state index contributed by atoms with van der Waals surface area (Å²) >= 11 is 0. The third kappa shape index (κ3) is 5.69. The van der Waals surface area contributed by atoms with Gasteiger partial charge in [0.2, 0.25) is 15.9 Å². The van der Waals surface area contributed by atoms with Crippen LogP contribution in [0.25, 0.3) is 0 Å². The van der Waals surface area contributed by atoms with Crippen LogP contribution in [0.2, 0.25) is 0 Å². The lowest BCUT2D eigenvalue weighted by Crippen LogP contribution is -2.54. The second-order valence-corrected chi connectivity index (χ2v) is 9.87. The summed E-state index contributed by atoms with van der Waals surface area (Å²) in [7, 11) is -3.44. The van der Waals surface area contributed by atoms with E-state index in [-0.39, 0.29) is 29.8 Å². The summed E-state index contributed by atoms with van der Waals surface area (Å²) in [4.78, 5) is 14.7. The average molecular weight is 432 g/mol. The minimum Gasteiger partial charge on any atom is -0.342 e. The lowest BCUT2D eigenvalue weighted by atomic mass is 9.79. The molecule has 1 aliphatic rings. The van der Waals surface area contributed by atoms with Crippen LogP contribution in [-0.2, 0) is 21.2 Å². The van der Waals surface area contributed by atoms with Crippen molar-refractivity contribution in [2.45, 2.75) is 57.9 Å². The Hall–Kier alpha value is -1.15. The molecule has 0 aliphatic carbocycles. The molecule has 1 amide bonds. The highest BCUT2D eigenvalue weighted by molar-refractivity contribution is 7.89. The van der Waals surface area contributed by atoms with Gasteiger partial charge in [0, 0.05) is 38.6 Å². The molecule has 1 atom stereocenters. The normalized spacial score (nSPS) is 19.4. The molecule has 1 aromatic carbocycles. The molecule has 1 fully saturated rings. The molecule has 2 rings (SSSR count). The van der Waals surface area contributed by atoms with Crippen molar-refractivity contribution in [3.05, 3.63) is 29.8 Å². The van der Waals surface area contributed by atoms with Crippen molar-refractivity contribution in [1.82, 2.24) is 9.21 Å². The van der Waals surface area contributed by atoms with E-state index in [1.165, 1.54) is 4.31 Å². The van der Waals surface area contributed by atoms with Gasteiger partial charge in [0.15, 0.2) is 0 Å². The van der Waals surface area contributed by atoms with Crippen LogP contribution in [0.5, 0.6) is 0 Å². The number of halogens is 1. The van der Waals surface area contributed by atoms with Crippen molar-refractivity contribution in [2.75, 3.05) is 26.2 Å². The Morgan fingerprint density at radius 1 is 1.21 bits per heavy atom. The Labute approximate surface area is 175 Å². The topological polar surface area (TPSA) is 83.7 Å². The molecule has 1 aliphatic heterocycles. The molecule has 0 bridgehead atoms. The van der Waals surface area contributed by atoms with E-state index >= 15 is 0 Å². The number of carbonyl (C=O) groups excluding carboxylic acids is 1. The van der Waals surface area contributed by atoms with E-state index in [9.17, 15) is 13.2 Å². The van der Waals surface area contributed by atoms with Crippen molar-refractivity contribution >= 4 is 28.3 Å². The molecule has 8 heteroatoms. The highest BCUT2D eigenvalue weighted by atomic mass is 35.5. The molecule has 0 saturated carbocycles. The van der Waals surface area contributed by atoms with Gasteiger partial charge in [0.1, 0.15) is 0 Å². The monoisotopic (exact) mass is 431 g/mol. The second kappa shape index (κ2) is 10.1. The average Bonchev–Trinajstić information content (AvgIpc) is 2.63. The van der Waals surface area contributed by atoms with Gasteiger partial charge in [0.25, 0.3) is 0 Å². The van der Waals surface area contributed by atoms with E-state index in [1.54, 1.807) is 24.3 Å². The predicted octanol–water partition coefficient (Wildman–Crippen LogP) is 2.66. The first-order valence-electron chi connectivity index (χ1n) is 9.74. The van der Waals surface area contributed by atoms with Gasteiger partial charge in [-0.2, -0.15) is 4.31 Å². The van der Waals surface area contributed by atoms with E-state index in [4.69, 9.17) is 5.73 Å². The maximum Gasteiger partial charge on any atom is 0.243 e. The molecule has 1 aromatic rings. The van der Waals surface area contributed by atoms with E-state index in [0.717, 1.165) is 12.0 Å². The molecule has 0 spiro atoms. The van der Waals surface area contributed by atoms with Gasteiger partial charge >= 0.3 is 0 Å². The molecule has 1 unspecified atom stereocenters. The van der Waals surface area contributed by atoms with Crippen LogP contribution < -0.4 is 5.73 Å². The van der Waals surface area contributed by atoms with Gasteiger partial charge in [-0.05, 0) is 36.0 Å². The summed E-state index contributed by atoms with van der Waals surface area (Å²) in [5, 5.41) is 0. The molecule has 1 saturated heterocycles. The quantitative estimate of drug-likeness (QED) is 0.719. The highest BCUT2D eigenvalue weighted by Gasteiger charge is 2.35. The number of piperidine rings is 1. The molecule has 28 heavy (non-hydrogen) atoms. The van der Waals surface area contributed by atoms with Gasteiger partial charge in [-0.1, -0.05) is 39.8 Å². The number of hydrogen-bond acceptors (Lipinski definition) is 4. The zero-order valence-corrected chi connectivity index (χ0v) is 19.0. The SMILES string of the molecule is CCN(CC)S(=O)(=O)c1ccc(CCC(=O)N2CCC(N)C(C)(C)C2)cc1.Cl. The lowest BCUT2D eigenvalue weighted by Gasteiger charge is -2.42. The Balaban J connectivity index is 0.00000392. The Morgan fingerprint density at radius 3 is 2.29 bits per heavy atom. The fourth-order valence-electron chi connectivity index (χ4n) is 3.54. The Morgan fingerprint density at radius 2 is 1.79 bits per heavy atom. The third-order valence-electron chi connectivity index (χ3n) is 5.56. The lowest BCUT2D eigenvalue weighted by molar-refractivity contribution is -0.134. The highest BCUT2D eigenvalue weighted by Crippen LogP contribution is 2.28. The van der Waals surface area contributed by atoms with Crippen molar-refractivity contribution in [3.63, 3.8) is 0 Å². The maximum atomic E-state index is 12.5. The van der Waals surface area contributed by atoms with Gasteiger partial charge in [-0.25, -0.2) is 8.42 Å². The summed E-state index contributed by atoms with van der Waals surface area (Å²) in [6.07, 6.45) is 1.86. The standard InChI is InChI=1S/C20H33N3O3S.ClH/c1-5-23(6-2)27(25,26)17-10-7-16(8-11-17)9-12-19(24)22-14-13-18(21)20(3,4)15-22;/h7-8,10-11,18H,5-6,9,12-15,21H2,1-4H3;1H. The summed E-state index contributed by atoms with van der Waals surface area (Å²) in [5.74, 6) is 0.134. The van der Waals surface area contributed by atoms with Crippen LogP contribution in [0.4, 0.5) is 0 Å². The number of sulfonamides is 1. The van der Waals surface area contributed by atoms with E-state index < -0.39 is 10.0 Å².